The topological polar surface area (TPSA) is 87.2 Å². The Kier molecular flexibility index (Phi) is 3.70. The molecule has 0 saturated carbocycles. The molecule has 1 aromatic rings. The van der Waals surface area contributed by atoms with Crippen LogP contribution in [-0.4, -0.2) is 30.8 Å². The number of fused-ring (bicyclic) bond motifs is 2. The lowest BCUT2D eigenvalue weighted by Gasteiger charge is -2.36. The smallest absolute Gasteiger partial charge is 0.244 e. The van der Waals surface area contributed by atoms with E-state index in [0.29, 0.717) is 17.9 Å². The lowest BCUT2D eigenvalue weighted by Crippen LogP contribution is -2.50. The van der Waals surface area contributed by atoms with Crippen LogP contribution in [0, 0.1) is 11.3 Å². The molecule has 3 rings (SSSR count). The van der Waals surface area contributed by atoms with Crippen molar-refractivity contribution in [3.63, 3.8) is 0 Å². The van der Waals surface area contributed by atoms with Crippen molar-refractivity contribution < 1.29 is 8.42 Å². The van der Waals surface area contributed by atoms with Crippen LogP contribution < -0.4 is 5.73 Å². The summed E-state index contributed by atoms with van der Waals surface area (Å²) in [7, 11) is -3.72. The van der Waals surface area contributed by atoms with Gasteiger partial charge >= 0.3 is 0 Å². The first-order valence-electron chi connectivity index (χ1n) is 6.92. The molecule has 2 fully saturated rings. The molecule has 2 bridgehead atoms. The fourth-order valence-corrected chi connectivity index (χ4v) is 5.78. The lowest BCUT2D eigenvalue weighted by molar-refractivity contribution is 0.227. The van der Waals surface area contributed by atoms with E-state index in [9.17, 15) is 8.42 Å². The van der Waals surface area contributed by atoms with Crippen LogP contribution in [0.1, 0.15) is 31.2 Å². The quantitative estimate of drug-likeness (QED) is 0.899. The van der Waals surface area contributed by atoms with Crippen molar-refractivity contribution in [1.29, 1.82) is 5.26 Å². The summed E-state index contributed by atoms with van der Waals surface area (Å²) in [4.78, 5) is 0.00451. The first kappa shape index (κ1) is 14.8. The van der Waals surface area contributed by atoms with E-state index >= 15 is 0 Å². The fraction of sp³-hybridized carbons (Fsp3) is 0.500. The molecule has 0 spiro atoms. The molecule has 0 aliphatic carbocycles. The monoisotopic (exact) mass is 325 g/mol. The third-order valence-electron chi connectivity index (χ3n) is 4.32. The van der Waals surface area contributed by atoms with E-state index in [2.05, 4.69) is 0 Å². The van der Waals surface area contributed by atoms with Crippen molar-refractivity contribution in [2.24, 2.45) is 5.73 Å². The van der Waals surface area contributed by atoms with E-state index in [1.807, 2.05) is 6.07 Å². The van der Waals surface area contributed by atoms with Gasteiger partial charge in [-0.1, -0.05) is 11.6 Å². The first-order chi connectivity index (χ1) is 9.93. The van der Waals surface area contributed by atoms with Gasteiger partial charge in [-0.15, -0.1) is 0 Å². The zero-order chi connectivity index (χ0) is 15.2. The van der Waals surface area contributed by atoms with Crippen LogP contribution in [-0.2, 0) is 10.0 Å². The number of benzene rings is 1. The molecule has 2 N–H and O–H groups in total. The number of sulfonamides is 1. The standard InChI is InChI=1S/C14H16ClN3O2S/c15-10-2-1-9(8-16)14(5-10)21(19,20)18-12-3-4-13(18)7-11(17)6-12/h1-2,5,11-13H,3-4,6-7,17H2. The van der Waals surface area contributed by atoms with Crippen molar-refractivity contribution in [2.75, 3.05) is 0 Å². The molecule has 5 nitrogen and oxygen atoms in total. The van der Waals surface area contributed by atoms with E-state index < -0.39 is 10.0 Å². The molecule has 2 unspecified atom stereocenters. The van der Waals surface area contributed by atoms with Crippen LogP contribution >= 0.6 is 11.6 Å². The summed E-state index contributed by atoms with van der Waals surface area (Å²) in [6, 6.07) is 6.22. The molecule has 0 amide bonds. The number of halogens is 1. The Hall–Kier alpha value is -1.13. The maximum atomic E-state index is 13.0. The number of rotatable bonds is 2. The highest BCUT2D eigenvalue weighted by Crippen LogP contribution is 2.40. The molecule has 2 saturated heterocycles. The van der Waals surface area contributed by atoms with Crippen molar-refractivity contribution in [1.82, 2.24) is 4.31 Å². The van der Waals surface area contributed by atoms with Gasteiger partial charge in [-0.3, -0.25) is 0 Å². The van der Waals surface area contributed by atoms with Crippen LogP contribution in [0.2, 0.25) is 5.02 Å². The molecule has 7 heteroatoms. The van der Waals surface area contributed by atoms with E-state index in [0.717, 1.165) is 12.8 Å². The fourth-order valence-electron chi connectivity index (χ4n) is 3.48. The summed E-state index contributed by atoms with van der Waals surface area (Å²) in [5, 5.41) is 9.48. The molecule has 21 heavy (non-hydrogen) atoms. The summed E-state index contributed by atoms with van der Waals surface area (Å²) in [6.45, 7) is 0. The second kappa shape index (κ2) is 5.25. The van der Waals surface area contributed by atoms with Crippen LogP contribution in [0.5, 0.6) is 0 Å². The number of piperidine rings is 1. The second-order valence-electron chi connectivity index (χ2n) is 5.70. The van der Waals surface area contributed by atoms with E-state index in [1.165, 1.54) is 18.2 Å². The summed E-state index contributed by atoms with van der Waals surface area (Å²) in [5.41, 5.74) is 6.12. The molecular formula is C14H16ClN3O2S. The maximum absolute atomic E-state index is 13.0. The van der Waals surface area contributed by atoms with Crippen LogP contribution in [0.25, 0.3) is 0 Å². The number of nitrogens with zero attached hydrogens (tertiary/aromatic N) is 2. The van der Waals surface area contributed by atoms with E-state index in [4.69, 9.17) is 22.6 Å². The van der Waals surface area contributed by atoms with Gasteiger partial charge < -0.3 is 5.73 Å². The molecule has 112 valence electrons. The normalized spacial score (nSPS) is 29.3. The van der Waals surface area contributed by atoms with Crippen molar-refractivity contribution in [3.8, 4) is 6.07 Å². The van der Waals surface area contributed by atoms with Crippen molar-refractivity contribution in [2.45, 2.75) is 48.7 Å². The average Bonchev–Trinajstić information content (AvgIpc) is 2.72. The zero-order valence-corrected chi connectivity index (χ0v) is 12.9. The average molecular weight is 326 g/mol. The van der Waals surface area contributed by atoms with Gasteiger partial charge in [0.25, 0.3) is 0 Å². The highest BCUT2D eigenvalue weighted by molar-refractivity contribution is 7.89. The third-order valence-corrected chi connectivity index (χ3v) is 6.60. The van der Waals surface area contributed by atoms with Gasteiger partial charge in [0.15, 0.2) is 0 Å². The predicted molar refractivity (Wildman–Crippen MR) is 79.2 cm³/mol. The molecule has 2 aliphatic rings. The number of nitriles is 1. The molecule has 1 aromatic carbocycles. The Morgan fingerprint density at radius 3 is 2.48 bits per heavy atom. The Balaban J connectivity index is 2.06. The Labute approximate surface area is 129 Å². The van der Waals surface area contributed by atoms with Gasteiger partial charge in [-0.25, -0.2) is 8.42 Å². The Morgan fingerprint density at radius 1 is 1.29 bits per heavy atom. The largest absolute Gasteiger partial charge is 0.328 e. The van der Waals surface area contributed by atoms with Gasteiger partial charge in [0.2, 0.25) is 10.0 Å². The molecule has 0 radical (unpaired) electrons. The van der Waals surface area contributed by atoms with Gasteiger partial charge in [-0.2, -0.15) is 9.57 Å². The maximum Gasteiger partial charge on any atom is 0.244 e. The molecular weight excluding hydrogens is 310 g/mol. The minimum atomic E-state index is -3.72. The summed E-state index contributed by atoms with van der Waals surface area (Å²) in [6.07, 6.45) is 3.02. The molecule has 2 atom stereocenters. The summed E-state index contributed by atoms with van der Waals surface area (Å²) in [5.74, 6) is 0. The van der Waals surface area contributed by atoms with Crippen LogP contribution in [0.4, 0.5) is 0 Å². The van der Waals surface area contributed by atoms with Crippen LogP contribution in [0.3, 0.4) is 0 Å². The highest BCUT2D eigenvalue weighted by Gasteiger charge is 2.46. The lowest BCUT2D eigenvalue weighted by atomic mass is 10.0. The zero-order valence-electron chi connectivity index (χ0n) is 11.4. The molecule has 2 heterocycles. The minimum absolute atomic E-state index is 0.00451. The summed E-state index contributed by atoms with van der Waals surface area (Å²) < 4.78 is 27.5. The number of nitrogens with two attached hydrogens (primary N) is 1. The minimum Gasteiger partial charge on any atom is -0.328 e. The highest BCUT2D eigenvalue weighted by atomic mass is 35.5. The van der Waals surface area contributed by atoms with Crippen molar-refractivity contribution in [3.05, 3.63) is 28.8 Å². The molecule has 2 aliphatic heterocycles. The number of hydrogen-bond acceptors (Lipinski definition) is 4. The number of hydrogen-bond donors (Lipinski definition) is 1. The summed E-state index contributed by atoms with van der Waals surface area (Å²) >= 11 is 5.92. The van der Waals surface area contributed by atoms with Gasteiger partial charge in [0.05, 0.1) is 5.56 Å². The second-order valence-corrected chi connectivity index (χ2v) is 7.95. The van der Waals surface area contributed by atoms with Crippen LogP contribution in [0.15, 0.2) is 23.1 Å². The van der Waals surface area contributed by atoms with E-state index in [1.54, 1.807) is 4.31 Å². The first-order valence-corrected chi connectivity index (χ1v) is 8.74. The van der Waals surface area contributed by atoms with Crippen molar-refractivity contribution >= 4 is 21.6 Å². The predicted octanol–water partition coefficient (Wildman–Crippen LogP) is 1.85. The third kappa shape index (κ3) is 2.44. The van der Waals surface area contributed by atoms with E-state index in [-0.39, 0.29) is 28.6 Å². The van der Waals surface area contributed by atoms with Gasteiger partial charge in [0.1, 0.15) is 11.0 Å². The Bertz CT molecular complexity index is 699. The van der Waals surface area contributed by atoms with Gasteiger partial charge in [-0.05, 0) is 43.9 Å². The van der Waals surface area contributed by atoms with Gasteiger partial charge in [0, 0.05) is 23.1 Å². The SMILES string of the molecule is N#Cc1ccc(Cl)cc1S(=O)(=O)N1C2CCC1CC(N)C2. The Morgan fingerprint density at radius 2 is 1.90 bits per heavy atom. The molecule has 0 aromatic heterocycles.